The molecule has 1 heterocycles. The number of β-amino-alcohol motifs (C(OH)–C–C–N with tert-alkyl or cyclic N) is 1. The first-order valence-corrected chi connectivity index (χ1v) is 6.11. The number of hydrogen-bond donors (Lipinski definition) is 2. The molecule has 0 bridgehead atoms. The van der Waals surface area contributed by atoms with Crippen LogP contribution in [-0.4, -0.2) is 46.7 Å². The molecule has 1 aliphatic heterocycles. The summed E-state index contributed by atoms with van der Waals surface area (Å²) in [5.41, 5.74) is -1.16. The molecule has 0 radical (unpaired) electrons. The third-order valence-corrected chi connectivity index (χ3v) is 3.13. The lowest BCUT2D eigenvalue weighted by atomic mass is 9.87. The van der Waals surface area contributed by atoms with E-state index >= 15 is 0 Å². The Morgan fingerprint density at radius 3 is 2.44 bits per heavy atom. The molecule has 1 saturated heterocycles. The highest BCUT2D eigenvalue weighted by Gasteiger charge is 2.46. The van der Waals surface area contributed by atoms with E-state index in [1.54, 1.807) is 4.90 Å². The monoisotopic (exact) mass is 228 g/mol. The first-order chi connectivity index (χ1) is 7.34. The van der Waals surface area contributed by atoms with Crippen molar-refractivity contribution in [1.29, 1.82) is 0 Å². The van der Waals surface area contributed by atoms with E-state index in [-0.39, 0.29) is 5.91 Å². The van der Waals surface area contributed by atoms with Gasteiger partial charge in [-0.25, -0.2) is 0 Å². The van der Waals surface area contributed by atoms with Crippen LogP contribution in [0, 0.1) is 0 Å². The SMILES string of the molecule is CCCC1(O)CN(C(=O)C(C)(C)NCC)C1. The van der Waals surface area contributed by atoms with Gasteiger partial charge < -0.3 is 15.3 Å². The molecule has 94 valence electrons. The van der Waals surface area contributed by atoms with Crippen molar-refractivity contribution in [3.05, 3.63) is 0 Å². The topological polar surface area (TPSA) is 52.6 Å². The van der Waals surface area contributed by atoms with E-state index in [1.165, 1.54) is 0 Å². The highest BCUT2D eigenvalue weighted by molar-refractivity contribution is 5.86. The number of likely N-dealkylation sites (tertiary alicyclic amines) is 1. The molecule has 4 nitrogen and oxygen atoms in total. The Hall–Kier alpha value is -0.610. The van der Waals surface area contributed by atoms with Gasteiger partial charge in [-0.1, -0.05) is 20.3 Å². The number of aliphatic hydroxyl groups is 1. The molecule has 0 spiro atoms. The van der Waals surface area contributed by atoms with Gasteiger partial charge in [0.15, 0.2) is 0 Å². The average Bonchev–Trinajstić information content (AvgIpc) is 2.13. The fourth-order valence-electron chi connectivity index (χ4n) is 2.34. The summed E-state index contributed by atoms with van der Waals surface area (Å²) in [4.78, 5) is 13.8. The minimum atomic E-state index is -0.632. The van der Waals surface area contributed by atoms with Crippen LogP contribution in [0.15, 0.2) is 0 Å². The predicted molar refractivity (Wildman–Crippen MR) is 64.2 cm³/mol. The van der Waals surface area contributed by atoms with E-state index in [0.717, 1.165) is 19.4 Å². The summed E-state index contributed by atoms with van der Waals surface area (Å²) in [5.74, 6) is 0.0788. The summed E-state index contributed by atoms with van der Waals surface area (Å²) < 4.78 is 0. The molecule has 0 unspecified atom stereocenters. The molecular weight excluding hydrogens is 204 g/mol. The summed E-state index contributed by atoms with van der Waals surface area (Å²) in [6.07, 6.45) is 1.73. The molecule has 16 heavy (non-hydrogen) atoms. The van der Waals surface area contributed by atoms with Gasteiger partial charge in [-0.05, 0) is 26.8 Å². The maximum atomic E-state index is 12.1. The molecule has 1 fully saturated rings. The van der Waals surface area contributed by atoms with Crippen molar-refractivity contribution < 1.29 is 9.90 Å². The van der Waals surface area contributed by atoms with Gasteiger partial charge in [0.05, 0.1) is 24.2 Å². The third kappa shape index (κ3) is 2.74. The molecule has 0 saturated carbocycles. The fourth-order valence-corrected chi connectivity index (χ4v) is 2.34. The minimum Gasteiger partial charge on any atom is -0.386 e. The summed E-state index contributed by atoms with van der Waals surface area (Å²) in [6, 6.07) is 0. The fraction of sp³-hybridized carbons (Fsp3) is 0.917. The van der Waals surface area contributed by atoms with E-state index in [2.05, 4.69) is 5.32 Å². The lowest BCUT2D eigenvalue weighted by molar-refractivity contribution is -0.162. The molecule has 0 aromatic carbocycles. The second kappa shape index (κ2) is 4.72. The molecular formula is C12H24N2O2. The van der Waals surface area contributed by atoms with Gasteiger partial charge in [0, 0.05) is 0 Å². The first kappa shape index (κ1) is 13.5. The van der Waals surface area contributed by atoms with Gasteiger partial charge >= 0.3 is 0 Å². The van der Waals surface area contributed by atoms with Crippen LogP contribution < -0.4 is 5.32 Å². The van der Waals surface area contributed by atoms with E-state index < -0.39 is 11.1 Å². The Kier molecular flexibility index (Phi) is 3.97. The standard InChI is InChI=1S/C12H24N2O2/c1-5-7-12(16)8-14(9-12)10(15)11(3,4)13-6-2/h13,16H,5-9H2,1-4H3. The first-order valence-electron chi connectivity index (χ1n) is 6.11. The van der Waals surface area contributed by atoms with Crippen molar-refractivity contribution in [2.24, 2.45) is 0 Å². The number of likely N-dealkylation sites (N-methyl/N-ethyl adjacent to an activating group) is 1. The van der Waals surface area contributed by atoms with E-state index in [4.69, 9.17) is 0 Å². The Labute approximate surface area is 98.0 Å². The molecule has 4 heteroatoms. The quantitative estimate of drug-likeness (QED) is 0.730. The van der Waals surface area contributed by atoms with Crippen molar-refractivity contribution in [2.45, 2.75) is 51.7 Å². The maximum Gasteiger partial charge on any atom is 0.242 e. The molecule has 1 aliphatic rings. The van der Waals surface area contributed by atoms with Gasteiger partial charge in [0.1, 0.15) is 0 Å². The summed E-state index contributed by atoms with van der Waals surface area (Å²) in [5, 5.41) is 13.2. The highest BCUT2D eigenvalue weighted by Crippen LogP contribution is 2.27. The van der Waals surface area contributed by atoms with Gasteiger partial charge in [-0.2, -0.15) is 0 Å². The van der Waals surface area contributed by atoms with Crippen molar-refractivity contribution >= 4 is 5.91 Å². The number of carbonyl (C=O) groups is 1. The van der Waals surface area contributed by atoms with Gasteiger partial charge in [-0.15, -0.1) is 0 Å². The smallest absolute Gasteiger partial charge is 0.242 e. The number of hydrogen-bond acceptors (Lipinski definition) is 3. The van der Waals surface area contributed by atoms with E-state index in [9.17, 15) is 9.90 Å². The normalized spacial score (nSPS) is 19.4. The van der Waals surface area contributed by atoms with Crippen LogP contribution in [0.25, 0.3) is 0 Å². The maximum absolute atomic E-state index is 12.1. The van der Waals surface area contributed by atoms with Crippen LogP contribution in [0.4, 0.5) is 0 Å². The van der Waals surface area contributed by atoms with Crippen molar-refractivity contribution in [1.82, 2.24) is 10.2 Å². The molecule has 1 amide bonds. The van der Waals surface area contributed by atoms with E-state index in [1.807, 2.05) is 27.7 Å². The van der Waals surface area contributed by atoms with Crippen LogP contribution in [0.1, 0.15) is 40.5 Å². The number of amides is 1. The highest BCUT2D eigenvalue weighted by atomic mass is 16.3. The van der Waals surface area contributed by atoms with Gasteiger partial charge in [0.25, 0.3) is 0 Å². The van der Waals surface area contributed by atoms with Gasteiger partial charge in [0.2, 0.25) is 5.91 Å². The van der Waals surface area contributed by atoms with Crippen LogP contribution >= 0.6 is 0 Å². The summed E-state index contributed by atoms with van der Waals surface area (Å²) in [6.45, 7) is 9.53. The molecule has 0 atom stereocenters. The number of carbonyl (C=O) groups excluding carboxylic acids is 1. The summed E-state index contributed by atoms with van der Waals surface area (Å²) in [7, 11) is 0. The lowest BCUT2D eigenvalue weighted by Gasteiger charge is -2.49. The van der Waals surface area contributed by atoms with Crippen molar-refractivity contribution in [2.75, 3.05) is 19.6 Å². The predicted octanol–water partition coefficient (Wildman–Crippen LogP) is 0.748. The molecule has 2 N–H and O–H groups in total. The molecule has 0 aliphatic carbocycles. The van der Waals surface area contributed by atoms with Crippen LogP contribution in [0.2, 0.25) is 0 Å². The summed E-state index contributed by atoms with van der Waals surface area (Å²) >= 11 is 0. The van der Waals surface area contributed by atoms with Crippen molar-refractivity contribution in [3.8, 4) is 0 Å². The second-order valence-corrected chi connectivity index (χ2v) is 5.29. The Balaban J connectivity index is 2.48. The minimum absolute atomic E-state index is 0.0788. The zero-order valence-corrected chi connectivity index (χ0v) is 10.8. The number of nitrogens with one attached hydrogen (secondary N) is 1. The van der Waals surface area contributed by atoms with Crippen LogP contribution in [0.3, 0.4) is 0 Å². The third-order valence-electron chi connectivity index (χ3n) is 3.13. The largest absolute Gasteiger partial charge is 0.386 e. The van der Waals surface area contributed by atoms with Crippen LogP contribution in [-0.2, 0) is 4.79 Å². The zero-order valence-electron chi connectivity index (χ0n) is 10.8. The molecule has 0 aromatic heterocycles. The molecule has 0 aromatic rings. The zero-order chi connectivity index (χ0) is 12.4. The number of nitrogens with zero attached hydrogens (tertiary/aromatic N) is 1. The van der Waals surface area contributed by atoms with E-state index in [0.29, 0.717) is 13.1 Å². The molecule has 1 rings (SSSR count). The van der Waals surface area contributed by atoms with Crippen molar-refractivity contribution in [3.63, 3.8) is 0 Å². The number of rotatable bonds is 5. The Morgan fingerprint density at radius 2 is 2.00 bits per heavy atom. The Morgan fingerprint density at radius 1 is 1.44 bits per heavy atom. The van der Waals surface area contributed by atoms with Crippen LogP contribution in [0.5, 0.6) is 0 Å². The Bertz CT molecular complexity index is 258. The second-order valence-electron chi connectivity index (χ2n) is 5.29. The lowest BCUT2D eigenvalue weighted by Crippen LogP contribution is -2.68. The van der Waals surface area contributed by atoms with Gasteiger partial charge in [-0.3, -0.25) is 4.79 Å². The average molecular weight is 228 g/mol.